The molecule has 0 atom stereocenters. The molecule has 0 rings (SSSR count). The molecular weight excluding hydrogens is 161 g/mol. The molecule has 0 unspecified atom stereocenters. The summed E-state index contributed by atoms with van der Waals surface area (Å²) < 4.78 is 2.10. The summed E-state index contributed by atoms with van der Waals surface area (Å²) >= 11 is 2.50. The van der Waals surface area contributed by atoms with Crippen molar-refractivity contribution in [3.05, 3.63) is 6.92 Å². The molecule has 0 radical (unpaired) electrons. The SMILES string of the molecule is [CH2-]CCC[CH]=[Ru+]. The number of rotatable bonds is 3. The van der Waals surface area contributed by atoms with Gasteiger partial charge in [-0.1, -0.05) is 0 Å². The Kier molecular flexibility index (Phi) is 5.95. The Balaban J connectivity index is 2.49. The molecule has 0 aliphatic rings. The summed E-state index contributed by atoms with van der Waals surface area (Å²) in [4.78, 5) is 0. The van der Waals surface area contributed by atoms with E-state index in [1.807, 2.05) is 0 Å². The van der Waals surface area contributed by atoms with Gasteiger partial charge in [-0.25, -0.2) is 0 Å². The van der Waals surface area contributed by atoms with Crippen LogP contribution in [0.25, 0.3) is 0 Å². The van der Waals surface area contributed by atoms with Crippen LogP contribution in [0.15, 0.2) is 0 Å². The Bertz CT molecular complexity index is 32.9. The fourth-order valence-electron chi connectivity index (χ4n) is 0.217. The molecule has 0 saturated carbocycles. The zero-order valence-corrected chi connectivity index (χ0v) is 5.50. The Morgan fingerprint density at radius 2 is 2.33 bits per heavy atom. The number of hydrogen-bond acceptors (Lipinski definition) is 0. The van der Waals surface area contributed by atoms with Gasteiger partial charge in [-0.05, 0) is 0 Å². The van der Waals surface area contributed by atoms with Crippen LogP contribution in [0.3, 0.4) is 0 Å². The molecule has 0 N–H and O–H groups in total. The number of hydrogen-bond donors (Lipinski definition) is 0. The summed E-state index contributed by atoms with van der Waals surface area (Å²) in [6.45, 7) is 3.70. The first-order chi connectivity index (χ1) is 2.91. The van der Waals surface area contributed by atoms with Crippen molar-refractivity contribution in [1.82, 2.24) is 0 Å². The van der Waals surface area contributed by atoms with Crippen LogP contribution in [0.1, 0.15) is 19.3 Å². The monoisotopic (exact) mass is 171 g/mol. The molecule has 0 fully saturated rings. The predicted molar refractivity (Wildman–Crippen MR) is 25.3 cm³/mol. The Labute approximate surface area is 49.1 Å². The van der Waals surface area contributed by atoms with Gasteiger partial charge in [0.2, 0.25) is 0 Å². The van der Waals surface area contributed by atoms with E-state index in [1.54, 1.807) is 0 Å². The molecule has 0 amide bonds. The molecule has 0 aliphatic carbocycles. The van der Waals surface area contributed by atoms with Gasteiger partial charge in [0.1, 0.15) is 0 Å². The Morgan fingerprint density at radius 1 is 1.67 bits per heavy atom. The van der Waals surface area contributed by atoms with Gasteiger partial charge in [0.25, 0.3) is 0 Å². The van der Waals surface area contributed by atoms with Gasteiger partial charge in [0, 0.05) is 0 Å². The van der Waals surface area contributed by atoms with E-state index in [-0.39, 0.29) is 0 Å². The van der Waals surface area contributed by atoms with Crippen LogP contribution in [-0.4, -0.2) is 4.61 Å². The molecule has 0 aromatic heterocycles. The van der Waals surface area contributed by atoms with E-state index in [2.05, 4.69) is 29.4 Å². The zero-order valence-electron chi connectivity index (χ0n) is 3.76. The van der Waals surface area contributed by atoms with E-state index in [4.69, 9.17) is 0 Å². The van der Waals surface area contributed by atoms with Crippen molar-refractivity contribution in [2.75, 3.05) is 0 Å². The van der Waals surface area contributed by atoms with E-state index < -0.39 is 0 Å². The second-order valence-electron chi connectivity index (χ2n) is 1.14. The summed E-state index contributed by atoms with van der Waals surface area (Å²) in [7, 11) is 0. The van der Waals surface area contributed by atoms with E-state index in [1.165, 1.54) is 12.8 Å². The maximum absolute atomic E-state index is 3.70. The van der Waals surface area contributed by atoms with Gasteiger partial charge in [-0.15, -0.1) is 0 Å². The van der Waals surface area contributed by atoms with Crippen molar-refractivity contribution in [3.8, 4) is 0 Å². The average Bonchev–Trinajstić information content (AvgIpc) is 1.61. The molecule has 0 nitrogen and oxygen atoms in total. The van der Waals surface area contributed by atoms with E-state index in [0.717, 1.165) is 6.42 Å². The van der Waals surface area contributed by atoms with Crippen molar-refractivity contribution in [3.63, 3.8) is 0 Å². The minimum absolute atomic E-state index is 1.06. The standard InChI is InChI=1S/C5H9.Ru/c1-3-5-4-2;/h1H,2-5H2;/q-1;+1. The third-order valence-electron chi connectivity index (χ3n) is 0.556. The van der Waals surface area contributed by atoms with Crippen LogP contribution in [0.4, 0.5) is 0 Å². The van der Waals surface area contributed by atoms with Crippen LogP contribution in [0.5, 0.6) is 0 Å². The summed E-state index contributed by atoms with van der Waals surface area (Å²) in [5, 5.41) is 0. The summed E-state index contributed by atoms with van der Waals surface area (Å²) in [5.74, 6) is 0. The van der Waals surface area contributed by atoms with Gasteiger partial charge < -0.3 is 0 Å². The Hall–Kier alpha value is 0.493. The molecule has 0 saturated heterocycles. The average molecular weight is 170 g/mol. The van der Waals surface area contributed by atoms with Gasteiger partial charge in [-0.3, -0.25) is 0 Å². The molecular formula is C5H9Ru. The molecule has 0 aromatic rings. The molecule has 0 spiro atoms. The normalized spacial score (nSPS) is 8.17. The van der Waals surface area contributed by atoms with E-state index in [9.17, 15) is 0 Å². The summed E-state index contributed by atoms with van der Waals surface area (Å²) in [6.07, 6.45) is 3.49. The van der Waals surface area contributed by atoms with Crippen molar-refractivity contribution < 1.29 is 17.9 Å². The van der Waals surface area contributed by atoms with Crippen molar-refractivity contribution in [2.45, 2.75) is 19.3 Å². The van der Waals surface area contributed by atoms with Gasteiger partial charge in [0.05, 0.1) is 0 Å². The van der Waals surface area contributed by atoms with Crippen LogP contribution in [-0.2, 0) is 17.9 Å². The van der Waals surface area contributed by atoms with Crippen LogP contribution >= 0.6 is 0 Å². The molecule has 6 heavy (non-hydrogen) atoms. The fraction of sp³-hybridized carbons (Fsp3) is 0.600. The molecule has 0 heterocycles. The first-order valence-corrected chi connectivity index (χ1v) is 3.12. The van der Waals surface area contributed by atoms with Gasteiger partial charge in [-0.2, -0.15) is 0 Å². The Morgan fingerprint density at radius 3 is 2.50 bits per heavy atom. The van der Waals surface area contributed by atoms with E-state index in [0.29, 0.717) is 0 Å². The van der Waals surface area contributed by atoms with Crippen molar-refractivity contribution in [2.24, 2.45) is 0 Å². The van der Waals surface area contributed by atoms with Crippen LogP contribution < -0.4 is 0 Å². The fourth-order valence-corrected chi connectivity index (χ4v) is 0.571. The van der Waals surface area contributed by atoms with Gasteiger partial charge in [0.15, 0.2) is 0 Å². The molecule has 0 bridgehead atoms. The van der Waals surface area contributed by atoms with Crippen LogP contribution in [0, 0.1) is 6.92 Å². The summed E-state index contributed by atoms with van der Waals surface area (Å²) in [5.41, 5.74) is 0. The topological polar surface area (TPSA) is 0 Å². The van der Waals surface area contributed by atoms with Crippen molar-refractivity contribution >= 4 is 4.61 Å². The maximum atomic E-state index is 3.70. The van der Waals surface area contributed by atoms with E-state index >= 15 is 0 Å². The summed E-state index contributed by atoms with van der Waals surface area (Å²) in [6, 6.07) is 0. The predicted octanol–water partition coefficient (Wildman–Crippen LogP) is 1.34. The zero-order chi connectivity index (χ0) is 4.83. The number of unbranched alkanes of at least 4 members (excludes halogenated alkanes) is 2. The first-order valence-electron chi connectivity index (χ1n) is 2.11. The second-order valence-corrected chi connectivity index (χ2v) is 1.85. The molecule has 37 valence electrons. The van der Waals surface area contributed by atoms with Gasteiger partial charge >= 0.3 is 48.6 Å². The molecule has 0 aromatic carbocycles. The minimum atomic E-state index is 1.06. The van der Waals surface area contributed by atoms with Crippen molar-refractivity contribution in [1.29, 1.82) is 0 Å². The molecule has 1 heteroatoms. The quantitative estimate of drug-likeness (QED) is 0.340. The third-order valence-corrected chi connectivity index (χ3v) is 1.06. The molecule has 0 aliphatic heterocycles. The third kappa shape index (κ3) is 4.49. The second kappa shape index (κ2) is 5.49. The van der Waals surface area contributed by atoms with Crippen LogP contribution in [0.2, 0.25) is 0 Å². The first kappa shape index (κ1) is 6.49.